The normalized spacial score (nSPS) is 14.4. The zero-order valence-electron chi connectivity index (χ0n) is 26.5. The van der Waals surface area contributed by atoms with Gasteiger partial charge in [0.15, 0.2) is 12.2 Å². The van der Waals surface area contributed by atoms with E-state index in [1.807, 2.05) is 60.7 Å². The van der Waals surface area contributed by atoms with Crippen LogP contribution in [0.3, 0.4) is 0 Å². The summed E-state index contributed by atoms with van der Waals surface area (Å²) in [5.74, 6) is -0.987. The molecule has 1 saturated heterocycles. The molecule has 1 unspecified atom stereocenters. The van der Waals surface area contributed by atoms with Crippen LogP contribution in [-0.2, 0) is 23.2 Å². The molecular weight excluding hydrogens is 659 g/mol. The number of amides is 3. The van der Waals surface area contributed by atoms with Gasteiger partial charge in [-0.15, -0.1) is 11.3 Å². The average molecular weight is 689 g/mol. The summed E-state index contributed by atoms with van der Waals surface area (Å²) in [4.78, 5) is 48.2. The van der Waals surface area contributed by atoms with Crippen LogP contribution in [-0.4, -0.2) is 44.0 Å². The van der Waals surface area contributed by atoms with E-state index in [2.05, 4.69) is 28.9 Å². The number of benzene rings is 4. The molecule has 4 aromatic carbocycles. The number of para-hydroxylation sites is 1. The van der Waals surface area contributed by atoms with Gasteiger partial charge >= 0.3 is 5.88 Å². The molecule has 0 bridgehead atoms. The van der Waals surface area contributed by atoms with Crippen LogP contribution in [0.15, 0.2) is 108 Å². The minimum Gasteiger partial charge on any atom is -0.326 e. The molecule has 2 aromatic heterocycles. The zero-order chi connectivity index (χ0) is 34.1. The van der Waals surface area contributed by atoms with Gasteiger partial charge < -0.3 is 10.2 Å². The molecule has 244 valence electrons. The van der Waals surface area contributed by atoms with Crippen LogP contribution in [0.1, 0.15) is 28.0 Å². The number of nitrogens with one attached hydrogen (secondary N) is 2. The Morgan fingerprint density at radius 2 is 1.67 bits per heavy atom. The molecule has 49 heavy (non-hydrogen) atoms. The first-order chi connectivity index (χ1) is 23.7. The number of hydrogen-bond donors (Lipinski definition) is 2. The van der Waals surface area contributed by atoms with E-state index in [4.69, 9.17) is 21.7 Å². The van der Waals surface area contributed by atoms with Crippen molar-refractivity contribution in [3.8, 4) is 10.6 Å². The molecule has 6 aromatic rings. The lowest BCUT2D eigenvalue weighted by molar-refractivity contribution is -0.746. The molecule has 0 aliphatic carbocycles. The fraction of sp³-hybridized carbons (Fsp3) is 0.139. The Morgan fingerprint density at radius 3 is 2.41 bits per heavy atom. The van der Waals surface area contributed by atoms with Gasteiger partial charge in [0.1, 0.15) is 17.6 Å². The Hall–Kier alpha value is -5.79. The SMILES string of the molecule is Cc1ccc2nc(-c3ccc(NC(=O)CC4C(=O)N(c5ccccc5)C(=S)N4Cc4c(NC(=O)c5ccccc5)on[n+]4C)cc3)sc2c1. The summed E-state index contributed by atoms with van der Waals surface area (Å²) >= 11 is 7.46. The van der Waals surface area contributed by atoms with E-state index in [1.54, 1.807) is 59.7 Å². The van der Waals surface area contributed by atoms with Gasteiger partial charge in [-0.05, 0) is 90.1 Å². The molecule has 0 radical (unpaired) electrons. The van der Waals surface area contributed by atoms with Gasteiger partial charge in [0.05, 0.1) is 22.3 Å². The third kappa shape index (κ3) is 6.53. The van der Waals surface area contributed by atoms with Crippen LogP contribution in [0.2, 0.25) is 0 Å². The van der Waals surface area contributed by atoms with Crippen molar-refractivity contribution >= 4 is 73.9 Å². The fourth-order valence-corrected chi connectivity index (χ4v) is 7.07. The summed E-state index contributed by atoms with van der Waals surface area (Å²) < 4.78 is 8.04. The Labute approximate surface area is 290 Å². The zero-order valence-corrected chi connectivity index (χ0v) is 28.1. The minimum absolute atomic E-state index is 0.0344. The van der Waals surface area contributed by atoms with Gasteiger partial charge in [-0.2, -0.15) is 0 Å². The van der Waals surface area contributed by atoms with Crippen molar-refractivity contribution in [1.82, 2.24) is 15.2 Å². The number of fused-ring (bicyclic) bond motifs is 1. The van der Waals surface area contributed by atoms with Crippen molar-refractivity contribution in [2.24, 2.45) is 7.05 Å². The van der Waals surface area contributed by atoms with Gasteiger partial charge in [-0.25, -0.2) is 4.98 Å². The Morgan fingerprint density at radius 1 is 0.959 bits per heavy atom. The first-order valence-corrected chi connectivity index (χ1v) is 16.7. The molecule has 3 amide bonds. The molecule has 13 heteroatoms. The third-order valence-electron chi connectivity index (χ3n) is 8.16. The van der Waals surface area contributed by atoms with Gasteiger partial charge in [0, 0.05) is 16.8 Å². The van der Waals surface area contributed by atoms with Gasteiger partial charge in [0.25, 0.3) is 17.5 Å². The second kappa shape index (κ2) is 13.4. The topological polar surface area (TPSA) is 125 Å². The molecule has 0 spiro atoms. The van der Waals surface area contributed by atoms with E-state index in [1.165, 1.54) is 15.1 Å². The van der Waals surface area contributed by atoms with Crippen LogP contribution < -0.4 is 20.2 Å². The first kappa shape index (κ1) is 31.8. The number of aryl methyl sites for hydroxylation is 2. The quantitative estimate of drug-likeness (QED) is 0.143. The molecule has 1 aliphatic heterocycles. The summed E-state index contributed by atoms with van der Waals surface area (Å²) in [7, 11) is 1.66. The second-order valence-corrected chi connectivity index (χ2v) is 12.9. The minimum atomic E-state index is -0.939. The van der Waals surface area contributed by atoms with Crippen LogP contribution in [0.5, 0.6) is 0 Å². The second-order valence-electron chi connectivity index (χ2n) is 11.5. The Bertz CT molecular complexity index is 2200. The molecule has 11 nitrogen and oxygen atoms in total. The highest BCUT2D eigenvalue weighted by atomic mass is 32.1. The van der Waals surface area contributed by atoms with Gasteiger partial charge in [-0.3, -0.25) is 29.1 Å². The van der Waals surface area contributed by atoms with E-state index < -0.39 is 6.04 Å². The summed E-state index contributed by atoms with van der Waals surface area (Å²) in [5.41, 5.74) is 5.13. The van der Waals surface area contributed by atoms with E-state index in [0.29, 0.717) is 22.6 Å². The molecule has 0 saturated carbocycles. The summed E-state index contributed by atoms with van der Waals surface area (Å²) in [6.07, 6.45) is -0.179. The molecule has 7 rings (SSSR count). The lowest BCUT2D eigenvalue weighted by Gasteiger charge is -2.22. The number of thiazole rings is 1. The summed E-state index contributed by atoms with van der Waals surface area (Å²) in [6.45, 7) is 2.09. The lowest BCUT2D eigenvalue weighted by Crippen LogP contribution is -2.43. The number of hydrogen-bond acceptors (Lipinski definition) is 8. The largest absolute Gasteiger partial charge is 0.326 e. The summed E-state index contributed by atoms with van der Waals surface area (Å²) in [5, 5.41) is 10.8. The molecule has 3 heterocycles. The van der Waals surface area contributed by atoms with Crippen molar-refractivity contribution in [3.63, 3.8) is 0 Å². The standard InChI is InChI=1S/C36H29N7O4S2/c1-22-13-18-27-30(19-22)49-34(38-27)24-14-16-25(17-15-24)37-31(44)20-28-35(46)43(26-11-7-4-8-12-26)36(48)42(28)21-29-33(47-40-41(29)2)39-32(45)23-9-5-3-6-10-23/h3-19,28H,20-21H2,1-2H3,(H-,37,38,39,40,44,45)/p+1. The predicted molar refractivity (Wildman–Crippen MR) is 191 cm³/mol. The molecule has 1 aliphatic rings. The van der Waals surface area contributed by atoms with Crippen LogP contribution in [0.25, 0.3) is 20.8 Å². The van der Waals surface area contributed by atoms with E-state index >= 15 is 0 Å². The van der Waals surface area contributed by atoms with E-state index in [9.17, 15) is 14.4 Å². The smallest absolute Gasteiger partial charge is 0.307 e. The van der Waals surface area contributed by atoms with Crippen molar-refractivity contribution in [2.75, 3.05) is 15.5 Å². The van der Waals surface area contributed by atoms with Crippen molar-refractivity contribution in [1.29, 1.82) is 0 Å². The fourth-order valence-electron chi connectivity index (χ4n) is 5.61. The van der Waals surface area contributed by atoms with Crippen LogP contribution >= 0.6 is 23.6 Å². The third-order valence-corrected chi connectivity index (χ3v) is 9.65. The predicted octanol–water partition coefficient (Wildman–Crippen LogP) is 5.87. The molecule has 1 fully saturated rings. The number of thiocarbonyl (C=S) groups is 1. The number of nitrogens with zero attached hydrogens (tertiary/aromatic N) is 5. The summed E-state index contributed by atoms with van der Waals surface area (Å²) in [6, 6.07) is 30.4. The number of rotatable bonds is 9. The Kier molecular flexibility index (Phi) is 8.68. The van der Waals surface area contributed by atoms with Crippen LogP contribution in [0.4, 0.5) is 17.3 Å². The highest BCUT2D eigenvalue weighted by Crippen LogP contribution is 2.32. The Balaban J connectivity index is 1.11. The highest BCUT2D eigenvalue weighted by Gasteiger charge is 2.46. The van der Waals surface area contributed by atoms with Crippen molar-refractivity contribution in [2.45, 2.75) is 25.9 Å². The molecule has 1 atom stereocenters. The molecular formula is C36H30N7O4S2+. The number of carbonyl (C=O) groups excluding carboxylic acids is 3. The van der Waals surface area contributed by atoms with E-state index in [-0.39, 0.29) is 41.7 Å². The van der Waals surface area contributed by atoms with E-state index in [0.717, 1.165) is 20.8 Å². The van der Waals surface area contributed by atoms with Crippen LogP contribution in [0, 0.1) is 6.92 Å². The maximum Gasteiger partial charge on any atom is 0.307 e. The van der Waals surface area contributed by atoms with Gasteiger partial charge in [0.2, 0.25) is 11.2 Å². The molecule has 2 N–H and O–H groups in total. The van der Waals surface area contributed by atoms with Crippen molar-refractivity contribution in [3.05, 3.63) is 120 Å². The van der Waals surface area contributed by atoms with Crippen molar-refractivity contribution < 1.29 is 23.6 Å². The lowest BCUT2D eigenvalue weighted by atomic mass is 10.1. The average Bonchev–Trinajstić information content (AvgIpc) is 3.75. The van der Waals surface area contributed by atoms with Gasteiger partial charge in [-0.1, -0.05) is 42.5 Å². The number of anilines is 3. The maximum absolute atomic E-state index is 14.0. The number of aromatic nitrogens is 3. The first-order valence-electron chi connectivity index (χ1n) is 15.4. The number of carbonyl (C=O) groups is 3. The highest BCUT2D eigenvalue weighted by molar-refractivity contribution is 7.80. The monoisotopic (exact) mass is 688 g/mol. The maximum atomic E-state index is 14.0.